The van der Waals surface area contributed by atoms with E-state index >= 15 is 0 Å². The van der Waals surface area contributed by atoms with Gasteiger partial charge in [-0.3, -0.25) is 9.69 Å². The molecule has 0 spiro atoms. The molecule has 1 aliphatic heterocycles. The summed E-state index contributed by atoms with van der Waals surface area (Å²) < 4.78 is 5.74. The SMILES string of the molecule is CCc1ccc2occ(CN3CCc4nc(-c5cncnc5)ncc4C3)c(=O)c2c1. The molecule has 4 aromatic rings. The van der Waals surface area contributed by atoms with Gasteiger partial charge < -0.3 is 4.42 Å². The number of fused-ring (bicyclic) bond motifs is 2. The Hall–Kier alpha value is -3.45. The molecule has 7 nitrogen and oxygen atoms in total. The second-order valence-electron chi connectivity index (χ2n) is 7.53. The van der Waals surface area contributed by atoms with Crippen molar-refractivity contribution in [2.45, 2.75) is 32.9 Å². The summed E-state index contributed by atoms with van der Waals surface area (Å²) >= 11 is 0. The Kier molecular flexibility index (Phi) is 4.80. The van der Waals surface area contributed by atoms with E-state index in [9.17, 15) is 4.79 Å². The molecule has 0 N–H and O–H groups in total. The molecular weight excluding hydrogens is 378 g/mol. The van der Waals surface area contributed by atoms with E-state index in [1.807, 2.05) is 24.4 Å². The lowest BCUT2D eigenvalue weighted by molar-refractivity contribution is 0.240. The van der Waals surface area contributed by atoms with Gasteiger partial charge in [0.2, 0.25) is 0 Å². The first kappa shape index (κ1) is 18.6. The standard InChI is InChI=1S/C23H21N5O2/c1-2-15-3-4-21-19(7-15)22(29)18(13-30-21)12-28-6-5-20-17(11-28)10-26-23(27-20)16-8-24-14-25-9-16/h3-4,7-10,13-14H,2,5-6,11-12H2,1H3. The van der Waals surface area contributed by atoms with E-state index in [1.165, 1.54) is 6.33 Å². The first-order valence-electron chi connectivity index (χ1n) is 10.1. The normalized spacial score (nSPS) is 14.0. The molecule has 5 rings (SSSR count). The average Bonchev–Trinajstić information content (AvgIpc) is 2.81. The molecule has 150 valence electrons. The third-order valence-corrected chi connectivity index (χ3v) is 5.54. The monoisotopic (exact) mass is 399 g/mol. The molecule has 0 atom stereocenters. The van der Waals surface area contributed by atoms with Gasteiger partial charge in [-0.2, -0.15) is 0 Å². The van der Waals surface area contributed by atoms with Gasteiger partial charge in [0.15, 0.2) is 11.3 Å². The molecular formula is C23H21N5O2. The highest BCUT2D eigenvalue weighted by Crippen LogP contribution is 2.22. The highest BCUT2D eigenvalue weighted by molar-refractivity contribution is 5.77. The van der Waals surface area contributed by atoms with Crippen LogP contribution >= 0.6 is 0 Å². The number of rotatable bonds is 4. The summed E-state index contributed by atoms with van der Waals surface area (Å²) in [5.41, 5.74) is 5.43. The summed E-state index contributed by atoms with van der Waals surface area (Å²) in [6.45, 7) is 4.15. The van der Waals surface area contributed by atoms with Gasteiger partial charge >= 0.3 is 0 Å². The van der Waals surface area contributed by atoms with Crippen LogP contribution in [0.1, 0.15) is 29.3 Å². The van der Waals surface area contributed by atoms with E-state index in [0.29, 0.717) is 35.4 Å². The maximum Gasteiger partial charge on any atom is 0.197 e. The second-order valence-corrected chi connectivity index (χ2v) is 7.53. The fourth-order valence-corrected chi connectivity index (χ4v) is 3.85. The minimum absolute atomic E-state index is 0.0491. The van der Waals surface area contributed by atoms with Crippen molar-refractivity contribution < 1.29 is 4.42 Å². The third kappa shape index (κ3) is 3.48. The van der Waals surface area contributed by atoms with Gasteiger partial charge in [0.1, 0.15) is 11.9 Å². The summed E-state index contributed by atoms with van der Waals surface area (Å²) in [6, 6.07) is 5.82. The zero-order valence-corrected chi connectivity index (χ0v) is 16.7. The smallest absolute Gasteiger partial charge is 0.197 e. The van der Waals surface area contributed by atoms with Crippen molar-refractivity contribution in [1.82, 2.24) is 24.8 Å². The highest BCUT2D eigenvalue weighted by Gasteiger charge is 2.20. The quantitative estimate of drug-likeness (QED) is 0.521. The van der Waals surface area contributed by atoms with Crippen LogP contribution in [0, 0.1) is 0 Å². The van der Waals surface area contributed by atoms with Crippen LogP contribution in [-0.2, 0) is 25.9 Å². The Labute approximate surface area is 173 Å². The molecule has 3 aromatic heterocycles. The van der Waals surface area contributed by atoms with Crippen LogP contribution in [0.3, 0.4) is 0 Å². The molecule has 1 aromatic carbocycles. The van der Waals surface area contributed by atoms with Crippen LogP contribution < -0.4 is 5.43 Å². The van der Waals surface area contributed by atoms with E-state index in [0.717, 1.165) is 41.8 Å². The number of hydrogen-bond donors (Lipinski definition) is 0. The molecule has 0 unspecified atom stereocenters. The van der Waals surface area contributed by atoms with Gasteiger partial charge in [-0.1, -0.05) is 13.0 Å². The minimum Gasteiger partial charge on any atom is -0.464 e. The lowest BCUT2D eigenvalue weighted by atomic mass is 10.1. The maximum atomic E-state index is 13.0. The van der Waals surface area contributed by atoms with Crippen molar-refractivity contribution in [2.75, 3.05) is 6.54 Å². The van der Waals surface area contributed by atoms with Crippen LogP contribution in [-0.4, -0.2) is 31.4 Å². The maximum absolute atomic E-state index is 13.0. The summed E-state index contributed by atoms with van der Waals surface area (Å²) in [4.78, 5) is 32.5. The van der Waals surface area contributed by atoms with Gasteiger partial charge in [0.05, 0.1) is 22.9 Å². The molecule has 30 heavy (non-hydrogen) atoms. The van der Waals surface area contributed by atoms with Crippen LogP contribution in [0.25, 0.3) is 22.4 Å². The summed E-state index contributed by atoms with van der Waals surface area (Å²) in [7, 11) is 0. The van der Waals surface area contributed by atoms with E-state index in [-0.39, 0.29) is 5.43 Å². The molecule has 0 amide bonds. The number of aryl methyl sites for hydroxylation is 1. The molecule has 0 fully saturated rings. The Morgan fingerprint density at radius 3 is 2.87 bits per heavy atom. The van der Waals surface area contributed by atoms with E-state index in [2.05, 4.69) is 26.8 Å². The first-order chi connectivity index (χ1) is 14.7. The molecule has 0 aliphatic carbocycles. The van der Waals surface area contributed by atoms with E-state index in [1.54, 1.807) is 18.7 Å². The molecule has 0 bridgehead atoms. The first-order valence-corrected chi connectivity index (χ1v) is 10.1. The summed E-state index contributed by atoms with van der Waals surface area (Å²) in [6.07, 6.45) is 10.1. The topological polar surface area (TPSA) is 85.0 Å². The van der Waals surface area contributed by atoms with E-state index in [4.69, 9.17) is 9.40 Å². The lowest BCUT2D eigenvalue weighted by Crippen LogP contribution is -2.32. The Morgan fingerprint density at radius 1 is 1.17 bits per heavy atom. The molecule has 0 radical (unpaired) electrons. The highest BCUT2D eigenvalue weighted by atomic mass is 16.3. The number of nitrogens with zero attached hydrogens (tertiary/aromatic N) is 5. The van der Waals surface area contributed by atoms with Gasteiger partial charge in [0.25, 0.3) is 0 Å². The van der Waals surface area contributed by atoms with Crippen molar-refractivity contribution in [3.63, 3.8) is 0 Å². The number of aromatic nitrogens is 4. The van der Waals surface area contributed by atoms with Crippen molar-refractivity contribution in [3.05, 3.63) is 82.0 Å². The van der Waals surface area contributed by atoms with Gasteiger partial charge in [-0.15, -0.1) is 0 Å². The van der Waals surface area contributed by atoms with Crippen molar-refractivity contribution in [1.29, 1.82) is 0 Å². The van der Waals surface area contributed by atoms with Crippen LogP contribution in [0.2, 0.25) is 0 Å². The van der Waals surface area contributed by atoms with E-state index < -0.39 is 0 Å². The molecule has 0 saturated carbocycles. The molecule has 7 heteroatoms. The zero-order valence-electron chi connectivity index (χ0n) is 16.7. The Balaban J connectivity index is 1.38. The van der Waals surface area contributed by atoms with Crippen LogP contribution in [0.15, 0.2) is 58.6 Å². The largest absolute Gasteiger partial charge is 0.464 e. The van der Waals surface area contributed by atoms with Crippen molar-refractivity contribution >= 4 is 11.0 Å². The average molecular weight is 399 g/mol. The fourth-order valence-electron chi connectivity index (χ4n) is 3.85. The second kappa shape index (κ2) is 7.76. The van der Waals surface area contributed by atoms with Crippen molar-refractivity contribution in [3.8, 4) is 11.4 Å². The van der Waals surface area contributed by atoms with Gasteiger partial charge in [-0.05, 0) is 24.1 Å². The predicted molar refractivity (Wildman–Crippen MR) is 113 cm³/mol. The number of benzene rings is 1. The number of hydrogen-bond acceptors (Lipinski definition) is 7. The fraction of sp³-hybridized carbons (Fsp3) is 0.261. The third-order valence-electron chi connectivity index (χ3n) is 5.54. The zero-order chi connectivity index (χ0) is 20.5. The minimum atomic E-state index is 0.0491. The van der Waals surface area contributed by atoms with Crippen LogP contribution in [0.4, 0.5) is 0 Å². The van der Waals surface area contributed by atoms with Gasteiger partial charge in [-0.25, -0.2) is 19.9 Å². The predicted octanol–water partition coefficient (Wildman–Crippen LogP) is 3.16. The van der Waals surface area contributed by atoms with Crippen molar-refractivity contribution in [2.24, 2.45) is 0 Å². The lowest BCUT2D eigenvalue weighted by Gasteiger charge is -2.27. The summed E-state index contributed by atoms with van der Waals surface area (Å²) in [5.74, 6) is 0.643. The summed E-state index contributed by atoms with van der Waals surface area (Å²) in [5, 5.41) is 0.655. The molecule has 1 aliphatic rings. The molecule has 0 saturated heterocycles. The Bertz CT molecular complexity index is 1270. The Morgan fingerprint density at radius 2 is 2.03 bits per heavy atom. The van der Waals surface area contributed by atoms with Crippen LogP contribution in [0.5, 0.6) is 0 Å². The van der Waals surface area contributed by atoms with Gasteiger partial charge in [0, 0.05) is 55.8 Å². The molecule has 4 heterocycles.